The fourth-order valence-corrected chi connectivity index (χ4v) is 3.43. The van der Waals surface area contributed by atoms with E-state index in [2.05, 4.69) is 5.01 Å². The van der Waals surface area contributed by atoms with Crippen LogP contribution < -0.4 is 0 Å². The molecule has 2 aliphatic heterocycles. The van der Waals surface area contributed by atoms with E-state index in [-0.39, 0.29) is 18.4 Å². The molecule has 130 valence electrons. The predicted molar refractivity (Wildman–Crippen MR) is 88.2 cm³/mol. The van der Waals surface area contributed by atoms with Crippen LogP contribution in [0, 0.1) is 5.92 Å². The quantitative estimate of drug-likeness (QED) is 0.747. The summed E-state index contributed by atoms with van der Waals surface area (Å²) in [5.41, 5.74) is 0.536. The minimum absolute atomic E-state index is 0.172. The van der Waals surface area contributed by atoms with Crippen molar-refractivity contribution in [3.63, 3.8) is 0 Å². The summed E-state index contributed by atoms with van der Waals surface area (Å²) in [6, 6.07) is 0. The molecule has 2 unspecified atom stereocenters. The van der Waals surface area contributed by atoms with Gasteiger partial charge < -0.3 is 14.4 Å². The Bertz CT molecular complexity index is 480. The smallest absolute Gasteiger partial charge is 0.410 e. The molecular weight excluding hydrogens is 294 g/mol. The van der Waals surface area contributed by atoms with Gasteiger partial charge in [-0.1, -0.05) is 12.8 Å². The van der Waals surface area contributed by atoms with Crippen molar-refractivity contribution in [3.05, 3.63) is 0 Å². The van der Waals surface area contributed by atoms with Gasteiger partial charge in [0.2, 0.25) is 0 Å². The highest BCUT2D eigenvalue weighted by Crippen LogP contribution is 2.36. The topological polar surface area (TPSA) is 57.7 Å². The molecule has 0 radical (unpaired) electrons. The van der Waals surface area contributed by atoms with Crippen LogP contribution in [0.25, 0.3) is 0 Å². The molecular formula is C17H29N3O3. The number of fused-ring (bicyclic) bond motifs is 1. The van der Waals surface area contributed by atoms with Gasteiger partial charge in [0.1, 0.15) is 11.7 Å². The Labute approximate surface area is 138 Å². The van der Waals surface area contributed by atoms with Crippen LogP contribution in [0.5, 0.6) is 0 Å². The molecule has 0 aromatic carbocycles. The number of hydrogen-bond donors (Lipinski definition) is 0. The maximum Gasteiger partial charge on any atom is 0.410 e. The van der Waals surface area contributed by atoms with E-state index in [9.17, 15) is 4.79 Å². The summed E-state index contributed by atoms with van der Waals surface area (Å²) in [6.45, 7) is 7.12. The fraction of sp³-hybridized carbons (Fsp3) is 0.882. The van der Waals surface area contributed by atoms with Gasteiger partial charge in [0.05, 0.1) is 12.3 Å². The lowest BCUT2D eigenvalue weighted by Crippen LogP contribution is -2.40. The first-order valence-corrected chi connectivity index (χ1v) is 8.74. The second-order valence-electron chi connectivity index (χ2n) is 8.04. The van der Waals surface area contributed by atoms with Crippen molar-refractivity contribution in [2.75, 3.05) is 20.1 Å². The van der Waals surface area contributed by atoms with E-state index < -0.39 is 5.60 Å². The maximum atomic E-state index is 12.1. The van der Waals surface area contributed by atoms with Crippen molar-refractivity contribution in [1.82, 2.24) is 9.91 Å². The van der Waals surface area contributed by atoms with E-state index >= 15 is 0 Å². The summed E-state index contributed by atoms with van der Waals surface area (Å²) in [5.74, 6) is 0.742. The number of ether oxygens (including phenoxy) is 2. The molecule has 2 atom stereocenters. The Morgan fingerprint density at radius 2 is 2.09 bits per heavy atom. The molecule has 6 heteroatoms. The van der Waals surface area contributed by atoms with Crippen molar-refractivity contribution < 1.29 is 14.3 Å². The van der Waals surface area contributed by atoms with Gasteiger partial charge in [0.15, 0.2) is 6.23 Å². The van der Waals surface area contributed by atoms with E-state index in [0.717, 1.165) is 24.6 Å². The number of hydrazone groups is 1. The van der Waals surface area contributed by atoms with Gasteiger partial charge in [-0.3, -0.25) is 5.01 Å². The molecule has 1 saturated carbocycles. The number of hydrogen-bond acceptors (Lipinski definition) is 5. The molecule has 2 heterocycles. The average molecular weight is 323 g/mol. The summed E-state index contributed by atoms with van der Waals surface area (Å²) in [5, 5.41) is 6.88. The Balaban J connectivity index is 1.56. The number of epoxide rings is 1. The van der Waals surface area contributed by atoms with Gasteiger partial charge in [-0.15, -0.1) is 0 Å². The van der Waals surface area contributed by atoms with Gasteiger partial charge in [-0.2, -0.15) is 5.10 Å². The number of amides is 1. The standard InChI is InChI=1S/C17H29N3O3/c1-17(2,3)23-16(21)19(4)11-13-9-14-15(22-14)20(18-13)10-12-7-5-6-8-12/h12,14-15H,5-11H2,1-4H3. The van der Waals surface area contributed by atoms with Gasteiger partial charge in [0.25, 0.3) is 0 Å². The first-order valence-electron chi connectivity index (χ1n) is 8.74. The molecule has 1 aliphatic carbocycles. The number of carbonyl (C=O) groups excluding carboxylic acids is 1. The summed E-state index contributed by atoms with van der Waals surface area (Å²) in [7, 11) is 1.76. The van der Waals surface area contributed by atoms with Crippen LogP contribution in [-0.2, 0) is 9.47 Å². The van der Waals surface area contributed by atoms with E-state index in [0.29, 0.717) is 6.54 Å². The van der Waals surface area contributed by atoms with Crippen molar-refractivity contribution >= 4 is 11.8 Å². The first-order chi connectivity index (χ1) is 10.8. The van der Waals surface area contributed by atoms with Crippen LogP contribution in [-0.4, -0.2) is 59.8 Å². The molecule has 3 aliphatic rings. The predicted octanol–water partition coefficient (Wildman–Crippen LogP) is 2.83. The van der Waals surface area contributed by atoms with Gasteiger partial charge in [-0.05, 0) is 39.5 Å². The molecule has 23 heavy (non-hydrogen) atoms. The highest BCUT2D eigenvalue weighted by Gasteiger charge is 2.48. The molecule has 6 nitrogen and oxygen atoms in total. The molecule has 0 N–H and O–H groups in total. The van der Waals surface area contributed by atoms with Crippen LogP contribution >= 0.6 is 0 Å². The third kappa shape index (κ3) is 4.37. The SMILES string of the molecule is CN(CC1=NN(CC2CCCC2)C2OC2C1)C(=O)OC(C)(C)C. The van der Waals surface area contributed by atoms with E-state index in [1.807, 2.05) is 20.8 Å². The molecule has 3 rings (SSSR count). The fourth-order valence-electron chi connectivity index (χ4n) is 3.43. The molecule has 1 amide bonds. The van der Waals surface area contributed by atoms with E-state index in [1.165, 1.54) is 25.7 Å². The van der Waals surface area contributed by atoms with Gasteiger partial charge in [-0.25, -0.2) is 4.79 Å². The zero-order chi connectivity index (χ0) is 16.6. The van der Waals surface area contributed by atoms with Crippen molar-refractivity contribution in [2.24, 2.45) is 11.0 Å². The molecule has 0 aromatic rings. The largest absolute Gasteiger partial charge is 0.444 e. The average Bonchev–Trinajstić information content (AvgIpc) is 3.04. The van der Waals surface area contributed by atoms with Crippen LogP contribution in [0.15, 0.2) is 5.10 Å². The summed E-state index contributed by atoms with van der Waals surface area (Å²) in [4.78, 5) is 13.7. The third-order valence-electron chi connectivity index (χ3n) is 4.60. The van der Waals surface area contributed by atoms with Crippen molar-refractivity contribution in [1.29, 1.82) is 0 Å². The Morgan fingerprint density at radius 3 is 2.74 bits per heavy atom. The van der Waals surface area contributed by atoms with Crippen LogP contribution in [0.2, 0.25) is 0 Å². The Morgan fingerprint density at radius 1 is 1.39 bits per heavy atom. The number of carbonyl (C=O) groups is 1. The lowest BCUT2D eigenvalue weighted by atomic mass is 10.1. The van der Waals surface area contributed by atoms with E-state index in [4.69, 9.17) is 14.6 Å². The number of rotatable bonds is 4. The van der Waals surface area contributed by atoms with Crippen LogP contribution in [0.3, 0.4) is 0 Å². The summed E-state index contributed by atoms with van der Waals surface area (Å²) in [6.07, 6.45) is 6.23. The summed E-state index contributed by atoms with van der Waals surface area (Å²) >= 11 is 0. The normalized spacial score (nSPS) is 27.5. The minimum Gasteiger partial charge on any atom is -0.444 e. The monoisotopic (exact) mass is 323 g/mol. The zero-order valence-electron chi connectivity index (χ0n) is 14.7. The van der Waals surface area contributed by atoms with Gasteiger partial charge >= 0.3 is 6.09 Å². The maximum absolute atomic E-state index is 12.1. The number of nitrogens with zero attached hydrogens (tertiary/aromatic N) is 3. The first kappa shape index (κ1) is 16.6. The lowest BCUT2D eigenvalue weighted by Gasteiger charge is -2.28. The second kappa shape index (κ2) is 6.30. The van der Waals surface area contributed by atoms with Crippen LogP contribution in [0.4, 0.5) is 4.79 Å². The lowest BCUT2D eigenvalue weighted by molar-refractivity contribution is 0.0322. The highest BCUT2D eigenvalue weighted by molar-refractivity contribution is 5.89. The van der Waals surface area contributed by atoms with Gasteiger partial charge in [0, 0.05) is 20.0 Å². The molecule has 0 spiro atoms. The van der Waals surface area contributed by atoms with Crippen molar-refractivity contribution in [3.8, 4) is 0 Å². The molecule has 0 aromatic heterocycles. The zero-order valence-corrected chi connectivity index (χ0v) is 14.7. The van der Waals surface area contributed by atoms with E-state index in [1.54, 1.807) is 11.9 Å². The second-order valence-corrected chi connectivity index (χ2v) is 8.04. The Kier molecular flexibility index (Phi) is 4.54. The molecule has 2 fully saturated rings. The molecule has 1 saturated heterocycles. The third-order valence-corrected chi connectivity index (χ3v) is 4.60. The summed E-state index contributed by atoms with van der Waals surface area (Å²) < 4.78 is 11.1. The Hall–Kier alpha value is -1.30. The minimum atomic E-state index is -0.473. The van der Waals surface area contributed by atoms with Crippen molar-refractivity contribution in [2.45, 2.75) is 70.8 Å². The highest BCUT2D eigenvalue weighted by atomic mass is 16.6. The molecule has 0 bridgehead atoms. The van der Waals surface area contributed by atoms with Crippen LogP contribution in [0.1, 0.15) is 52.9 Å².